The molecule has 0 fully saturated rings. The summed E-state index contributed by atoms with van der Waals surface area (Å²) in [6.45, 7) is 4.42. The zero-order valence-electron chi connectivity index (χ0n) is 13.4. The van der Waals surface area contributed by atoms with Crippen LogP contribution in [0.5, 0.6) is 0 Å². The lowest BCUT2D eigenvalue weighted by Gasteiger charge is -2.17. The van der Waals surface area contributed by atoms with E-state index in [1.54, 1.807) is 0 Å². The van der Waals surface area contributed by atoms with Crippen LogP contribution in [0.15, 0.2) is 48.5 Å². The predicted octanol–water partition coefficient (Wildman–Crippen LogP) is 4.03. The third-order valence-electron chi connectivity index (χ3n) is 3.61. The van der Waals surface area contributed by atoms with Crippen LogP contribution in [0.2, 0.25) is 0 Å². The lowest BCUT2D eigenvalue weighted by molar-refractivity contribution is 0.220. The second kappa shape index (κ2) is 6.77. The summed E-state index contributed by atoms with van der Waals surface area (Å²) in [7, 11) is 4.02. The first-order valence-electron chi connectivity index (χ1n) is 7.51. The summed E-state index contributed by atoms with van der Waals surface area (Å²) in [6, 6.07) is 16.3. The molecule has 0 amide bonds. The van der Waals surface area contributed by atoms with Crippen LogP contribution in [0.1, 0.15) is 36.6 Å². The van der Waals surface area contributed by atoms with E-state index in [9.17, 15) is 5.11 Å². The molecular weight excluding hydrogens is 258 g/mol. The minimum absolute atomic E-state index is 0.572. The van der Waals surface area contributed by atoms with Crippen molar-refractivity contribution in [2.24, 2.45) is 5.92 Å². The SMILES string of the molecule is CC(C)Cc1cccc(C(O)c2cccc(N(C)C)c2)c1. The van der Waals surface area contributed by atoms with E-state index in [4.69, 9.17) is 0 Å². The molecular formula is C19H25NO. The first-order chi connectivity index (χ1) is 9.97. The summed E-state index contributed by atoms with van der Waals surface area (Å²) in [5, 5.41) is 10.6. The van der Waals surface area contributed by atoms with E-state index >= 15 is 0 Å². The van der Waals surface area contributed by atoms with Gasteiger partial charge in [0.05, 0.1) is 0 Å². The molecule has 2 heteroatoms. The summed E-state index contributed by atoms with van der Waals surface area (Å²) in [6.07, 6.45) is 0.468. The summed E-state index contributed by atoms with van der Waals surface area (Å²) in [4.78, 5) is 2.05. The van der Waals surface area contributed by atoms with Crippen LogP contribution in [0, 0.1) is 5.92 Å². The van der Waals surface area contributed by atoms with E-state index in [1.807, 2.05) is 55.4 Å². The summed E-state index contributed by atoms with van der Waals surface area (Å²) in [5.74, 6) is 0.620. The average Bonchev–Trinajstić information content (AvgIpc) is 2.46. The monoisotopic (exact) mass is 283 g/mol. The van der Waals surface area contributed by atoms with Crippen LogP contribution in [0.4, 0.5) is 5.69 Å². The molecule has 1 atom stereocenters. The molecule has 0 saturated heterocycles. The Balaban J connectivity index is 2.27. The lowest BCUT2D eigenvalue weighted by Crippen LogP contribution is -2.09. The maximum absolute atomic E-state index is 10.6. The Kier molecular flexibility index (Phi) is 5.03. The van der Waals surface area contributed by atoms with Gasteiger partial charge < -0.3 is 10.0 Å². The fourth-order valence-corrected chi connectivity index (χ4v) is 2.53. The molecule has 0 aliphatic carbocycles. The third kappa shape index (κ3) is 4.08. The normalized spacial score (nSPS) is 12.5. The second-order valence-corrected chi connectivity index (χ2v) is 6.23. The number of hydrogen-bond donors (Lipinski definition) is 1. The smallest absolute Gasteiger partial charge is 0.104 e. The highest BCUT2D eigenvalue weighted by Gasteiger charge is 2.12. The van der Waals surface area contributed by atoms with E-state index in [0.29, 0.717) is 5.92 Å². The van der Waals surface area contributed by atoms with Crippen molar-refractivity contribution >= 4 is 5.69 Å². The molecule has 1 unspecified atom stereocenters. The molecule has 2 aromatic carbocycles. The van der Waals surface area contributed by atoms with Gasteiger partial charge in [0.1, 0.15) is 6.10 Å². The molecule has 0 spiro atoms. The van der Waals surface area contributed by atoms with Crippen molar-refractivity contribution in [1.29, 1.82) is 0 Å². The van der Waals surface area contributed by atoms with Crippen LogP contribution < -0.4 is 4.90 Å². The van der Waals surface area contributed by atoms with E-state index in [0.717, 1.165) is 23.2 Å². The zero-order chi connectivity index (χ0) is 15.4. The fourth-order valence-electron chi connectivity index (χ4n) is 2.53. The van der Waals surface area contributed by atoms with Gasteiger partial charge in [-0.2, -0.15) is 0 Å². The molecule has 0 heterocycles. The van der Waals surface area contributed by atoms with Gasteiger partial charge in [-0.3, -0.25) is 0 Å². The van der Waals surface area contributed by atoms with Gasteiger partial charge in [0, 0.05) is 19.8 Å². The number of hydrogen-bond acceptors (Lipinski definition) is 2. The molecule has 0 aliphatic rings. The minimum atomic E-state index is -0.572. The average molecular weight is 283 g/mol. The molecule has 0 radical (unpaired) electrons. The Bertz CT molecular complexity index is 590. The van der Waals surface area contributed by atoms with Gasteiger partial charge in [-0.25, -0.2) is 0 Å². The number of benzene rings is 2. The first-order valence-corrected chi connectivity index (χ1v) is 7.51. The molecule has 21 heavy (non-hydrogen) atoms. The highest BCUT2D eigenvalue weighted by atomic mass is 16.3. The van der Waals surface area contributed by atoms with Gasteiger partial charge in [0.2, 0.25) is 0 Å². The van der Waals surface area contributed by atoms with E-state index in [-0.39, 0.29) is 0 Å². The topological polar surface area (TPSA) is 23.5 Å². The molecule has 0 aromatic heterocycles. The fraction of sp³-hybridized carbons (Fsp3) is 0.368. The van der Waals surface area contributed by atoms with Crippen molar-refractivity contribution in [2.45, 2.75) is 26.4 Å². The molecule has 0 saturated carbocycles. The van der Waals surface area contributed by atoms with Crippen molar-refractivity contribution in [3.8, 4) is 0 Å². The van der Waals surface area contributed by atoms with Crippen molar-refractivity contribution < 1.29 is 5.11 Å². The highest BCUT2D eigenvalue weighted by molar-refractivity contribution is 5.49. The number of aliphatic hydroxyl groups is 1. The summed E-state index contributed by atoms with van der Waals surface area (Å²) in [5.41, 5.74) is 4.28. The quantitative estimate of drug-likeness (QED) is 0.895. The number of nitrogens with zero attached hydrogens (tertiary/aromatic N) is 1. The van der Waals surface area contributed by atoms with E-state index < -0.39 is 6.10 Å². The van der Waals surface area contributed by atoms with Crippen LogP contribution in [0.3, 0.4) is 0 Å². The molecule has 2 nitrogen and oxygen atoms in total. The van der Waals surface area contributed by atoms with Crippen molar-refractivity contribution in [1.82, 2.24) is 0 Å². The Hall–Kier alpha value is -1.80. The van der Waals surface area contributed by atoms with Crippen LogP contribution in [-0.4, -0.2) is 19.2 Å². The molecule has 0 aliphatic heterocycles. The summed E-state index contributed by atoms with van der Waals surface area (Å²) >= 11 is 0. The van der Waals surface area contributed by atoms with Gasteiger partial charge in [0.25, 0.3) is 0 Å². The van der Waals surface area contributed by atoms with E-state index in [1.165, 1.54) is 5.56 Å². The lowest BCUT2D eigenvalue weighted by atomic mass is 9.96. The van der Waals surface area contributed by atoms with Crippen molar-refractivity contribution in [2.75, 3.05) is 19.0 Å². The number of rotatable bonds is 5. The maximum Gasteiger partial charge on any atom is 0.104 e. The molecule has 0 bridgehead atoms. The minimum Gasteiger partial charge on any atom is -0.384 e. The van der Waals surface area contributed by atoms with Crippen molar-refractivity contribution in [3.63, 3.8) is 0 Å². The van der Waals surface area contributed by atoms with Crippen LogP contribution in [0.25, 0.3) is 0 Å². The van der Waals surface area contributed by atoms with Crippen molar-refractivity contribution in [3.05, 3.63) is 65.2 Å². The first kappa shape index (κ1) is 15.6. The predicted molar refractivity (Wildman–Crippen MR) is 89.8 cm³/mol. The largest absolute Gasteiger partial charge is 0.384 e. The Labute approximate surface area is 128 Å². The molecule has 1 N–H and O–H groups in total. The van der Waals surface area contributed by atoms with E-state index in [2.05, 4.69) is 26.0 Å². The van der Waals surface area contributed by atoms with Gasteiger partial charge in [-0.05, 0) is 41.2 Å². The Morgan fingerprint density at radius 1 is 0.952 bits per heavy atom. The molecule has 112 valence electrons. The van der Waals surface area contributed by atoms with Crippen LogP contribution >= 0.6 is 0 Å². The number of anilines is 1. The number of aliphatic hydroxyl groups excluding tert-OH is 1. The summed E-state index contributed by atoms with van der Waals surface area (Å²) < 4.78 is 0. The Morgan fingerprint density at radius 3 is 2.19 bits per heavy atom. The standard InChI is InChI=1S/C19H25NO/c1-14(2)11-15-7-5-8-16(12-15)19(21)17-9-6-10-18(13-17)20(3)4/h5-10,12-14,19,21H,11H2,1-4H3. The Morgan fingerprint density at radius 2 is 1.57 bits per heavy atom. The molecule has 2 rings (SSSR count). The molecule has 2 aromatic rings. The van der Waals surface area contributed by atoms with Gasteiger partial charge in [0.15, 0.2) is 0 Å². The maximum atomic E-state index is 10.6. The third-order valence-corrected chi connectivity index (χ3v) is 3.61. The second-order valence-electron chi connectivity index (χ2n) is 6.23. The highest BCUT2D eigenvalue weighted by Crippen LogP contribution is 2.26. The zero-order valence-corrected chi connectivity index (χ0v) is 13.4. The van der Waals surface area contributed by atoms with Gasteiger partial charge >= 0.3 is 0 Å². The van der Waals surface area contributed by atoms with Gasteiger partial charge in [-0.15, -0.1) is 0 Å². The van der Waals surface area contributed by atoms with Gasteiger partial charge in [-0.1, -0.05) is 50.2 Å². The van der Waals surface area contributed by atoms with Crippen LogP contribution in [-0.2, 0) is 6.42 Å².